The van der Waals surface area contributed by atoms with E-state index >= 15 is 0 Å². The van der Waals surface area contributed by atoms with E-state index < -0.39 is 32.9 Å². The summed E-state index contributed by atoms with van der Waals surface area (Å²) in [6.45, 7) is 5.50. The van der Waals surface area contributed by atoms with Crippen LogP contribution in [0.4, 0.5) is 0 Å². The highest BCUT2D eigenvalue weighted by molar-refractivity contribution is 6.76. The fourth-order valence-electron chi connectivity index (χ4n) is 2.98. The number of methoxy groups -OCH3 is 2. The van der Waals surface area contributed by atoms with Crippen molar-refractivity contribution in [3.05, 3.63) is 48.0 Å². The Balaban J connectivity index is 2.30. The van der Waals surface area contributed by atoms with Crippen LogP contribution < -0.4 is 5.32 Å². The molecule has 0 bridgehead atoms. The van der Waals surface area contributed by atoms with Crippen molar-refractivity contribution in [3.63, 3.8) is 0 Å². The van der Waals surface area contributed by atoms with Gasteiger partial charge in [-0.2, -0.15) is 0 Å². The number of nitrogens with one attached hydrogen (secondary N) is 1. The van der Waals surface area contributed by atoms with Crippen LogP contribution in [0.1, 0.15) is 26.3 Å². The van der Waals surface area contributed by atoms with Crippen LogP contribution in [0.5, 0.6) is 0 Å². The zero-order valence-electron chi connectivity index (χ0n) is 17.0. The third-order valence-electron chi connectivity index (χ3n) is 5.15. The van der Waals surface area contributed by atoms with Crippen LogP contribution in [-0.4, -0.2) is 48.2 Å². The van der Waals surface area contributed by atoms with Crippen molar-refractivity contribution in [1.82, 2.24) is 5.32 Å². The van der Waals surface area contributed by atoms with Crippen molar-refractivity contribution in [3.8, 4) is 0 Å². The minimum atomic E-state index is -2.09. The quantitative estimate of drug-likeness (QED) is 0.505. The Morgan fingerprint density at radius 1 is 1.17 bits per heavy atom. The number of hydrogen-bond acceptors (Lipinski definition) is 5. The molecule has 0 aliphatic carbocycles. The lowest BCUT2D eigenvalue weighted by atomic mass is 9.90. The molecule has 1 N–H and O–H groups in total. The van der Waals surface area contributed by atoms with Gasteiger partial charge < -0.3 is 24.3 Å². The molecule has 29 heavy (non-hydrogen) atoms. The fourth-order valence-corrected chi connectivity index (χ4v) is 3.12. The number of alkyl halides is 3. The summed E-state index contributed by atoms with van der Waals surface area (Å²) in [6, 6.07) is 9.31. The van der Waals surface area contributed by atoms with Crippen molar-refractivity contribution in [2.75, 3.05) is 20.8 Å². The molecular formula is C20H26Cl3NO5. The second-order valence-electron chi connectivity index (χ2n) is 7.15. The van der Waals surface area contributed by atoms with Crippen molar-refractivity contribution >= 4 is 40.7 Å². The minimum Gasteiger partial charge on any atom is -0.349 e. The molecule has 1 aromatic carbocycles. The van der Waals surface area contributed by atoms with Gasteiger partial charge >= 0.3 is 0 Å². The molecule has 0 radical (unpaired) electrons. The summed E-state index contributed by atoms with van der Waals surface area (Å²) in [5.74, 6) is -2.95. The van der Waals surface area contributed by atoms with Crippen molar-refractivity contribution in [1.29, 1.82) is 0 Å². The minimum absolute atomic E-state index is 0.225. The van der Waals surface area contributed by atoms with Gasteiger partial charge in [-0.05, 0) is 26.3 Å². The first-order valence-electron chi connectivity index (χ1n) is 8.95. The molecule has 0 saturated carbocycles. The molecule has 1 fully saturated rings. The summed E-state index contributed by atoms with van der Waals surface area (Å²) in [5.41, 5.74) is -0.163. The Kier molecular flexibility index (Phi) is 7.66. The lowest BCUT2D eigenvalue weighted by molar-refractivity contribution is -0.425. The number of hydrogen-bond donors (Lipinski definition) is 1. The van der Waals surface area contributed by atoms with Gasteiger partial charge in [0.15, 0.2) is 0 Å². The average molecular weight is 467 g/mol. The molecule has 1 amide bonds. The van der Waals surface area contributed by atoms with E-state index in [9.17, 15) is 4.79 Å². The van der Waals surface area contributed by atoms with Gasteiger partial charge in [-0.3, -0.25) is 4.79 Å². The van der Waals surface area contributed by atoms with Gasteiger partial charge in [0, 0.05) is 14.2 Å². The zero-order valence-corrected chi connectivity index (χ0v) is 19.3. The van der Waals surface area contributed by atoms with Crippen molar-refractivity contribution in [2.45, 2.75) is 47.8 Å². The number of amides is 1. The molecule has 6 nitrogen and oxygen atoms in total. The van der Waals surface area contributed by atoms with Gasteiger partial charge in [0.05, 0.1) is 12.1 Å². The Hall–Kier alpha value is -0.860. The number of carbonyl (C=O) groups excluding carboxylic acids is 1. The van der Waals surface area contributed by atoms with Crippen LogP contribution in [0.3, 0.4) is 0 Å². The summed E-state index contributed by atoms with van der Waals surface area (Å²) in [7, 11) is 3.04. The third-order valence-corrected chi connectivity index (χ3v) is 5.67. The van der Waals surface area contributed by atoms with E-state index in [1.54, 1.807) is 32.9 Å². The first-order valence-corrected chi connectivity index (χ1v) is 10.1. The molecule has 1 aromatic rings. The standard InChI is InChI=1S/C20H26Cl3NO5/c1-17(14-9-7-6-8-10-14,24-16(25)20(21,22)23)12-11-15-13-28-18(2,26-4)19(3,27-5)29-15/h6-12,15H,13H2,1-5H3,(H,24,25)/t15-,17+,18-,19-/m1/s1. The molecule has 0 aromatic heterocycles. The van der Waals surface area contributed by atoms with Gasteiger partial charge in [0.25, 0.3) is 9.70 Å². The smallest absolute Gasteiger partial charge is 0.273 e. The highest BCUT2D eigenvalue weighted by Crippen LogP contribution is 2.37. The Bertz CT molecular complexity index is 741. The maximum Gasteiger partial charge on any atom is 0.273 e. The SMILES string of the molecule is CO[C@]1(C)OC[C@@H](C=C[C@](C)(NC(=O)C(Cl)(Cl)Cl)c2ccccc2)O[C@@]1(C)OC. The summed E-state index contributed by atoms with van der Waals surface area (Å²) < 4.78 is 20.8. The number of benzene rings is 1. The molecule has 1 heterocycles. The summed E-state index contributed by atoms with van der Waals surface area (Å²) in [6.07, 6.45) is 3.09. The molecule has 9 heteroatoms. The lowest BCUT2D eigenvalue weighted by Gasteiger charge is -2.48. The van der Waals surface area contributed by atoms with E-state index in [1.165, 1.54) is 14.2 Å². The molecule has 2 rings (SSSR count). The first kappa shape index (κ1) is 24.4. The average Bonchev–Trinajstić information content (AvgIpc) is 2.69. The van der Waals surface area contributed by atoms with E-state index in [4.69, 9.17) is 53.8 Å². The maximum atomic E-state index is 12.3. The van der Waals surface area contributed by atoms with E-state index in [-0.39, 0.29) is 6.61 Å². The highest BCUT2D eigenvalue weighted by atomic mass is 35.6. The van der Waals surface area contributed by atoms with Crippen LogP contribution in [-0.2, 0) is 29.3 Å². The third kappa shape index (κ3) is 5.44. The van der Waals surface area contributed by atoms with Gasteiger partial charge in [-0.15, -0.1) is 0 Å². The second-order valence-corrected chi connectivity index (χ2v) is 9.43. The number of rotatable bonds is 6. The molecule has 0 spiro atoms. The molecule has 0 unspecified atom stereocenters. The van der Waals surface area contributed by atoms with E-state index in [2.05, 4.69) is 5.32 Å². The number of ether oxygens (including phenoxy) is 4. The van der Waals surface area contributed by atoms with E-state index in [1.807, 2.05) is 30.3 Å². The lowest BCUT2D eigenvalue weighted by Crippen LogP contribution is -2.62. The topological polar surface area (TPSA) is 66.0 Å². The Morgan fingerprint density at radius 3 is 2.28 bits per heavy atom. The predicted octanol–water partition coefficient (Wildman–Crippen LogP) is 4.09. The summed E-state index contributed by atoms with van der Waals surface area (Å²) in [5, 5.41) is 2.78. The molecular weight excluding hydrogens is 441 g/mol. The van der Waals surface area contributed by atoms with Crippen molar-refractivity contribution < 1.29 is 23.7 Å². The monoisotopic (exact) mass is 465 g/mol. The molecule has 162 valence electrons. The fraction of sp³-hybridized carbons (Fsp3) is 0.550. The van der Waals surface area contributed by atoms with Gasteiger partial charge in [0.2, 0.25) is 11.6 Å². The normalized spacial score (nSPS) is 30.1. The van der Waals surface area contributed by atoms with Crippen LogP contribution in [0.25, 0.3) is 0 Å². The Morgan fingerprint density at radius 2 is 1.76 bits per heavy atom. The van der Waals surface area contributed by atoms with E-state index in [0.29, 0.717) is 0 Å². The Labute approximate surface area is 186 Å². The number of halogens is 3. The zero-order chi connectivity index (χ0) is 21.9. The van der Waals surface area contributed by atoms with Crippen LogP contribution in [0.2, 0.25) is 0 Å². The maximum absolute atomic E-state index is 12.3. The second kappa shape index (κ2) is 9.10. The van der Waals surface area contributed by atoms with Crippen LogP contribution in [0, 0.1) is 0 Å². The number of carbonyl (C=O) groups is 1. The molecule has 1 aliphatic rings. The van der Waals surface area contributed by atoms with Gasteiger partial charge in [-0.1, -0.05) is 77.3 Å². The van der Waals surface area contributed by atoms with Crippen molar-refractivity contribution in [2.24, 2.45) is 0 Å². The largest absolute Gasteiger partial charge is 0.349 e. The van der Waals surface area contributed by atoms with Gasteiger partial charge in [-0.25, -0.2) is 0 Å². The van der Waals surface area contributed by atoms with Gasteiger partial charge in [0.1, 0.15) is 6.10 Å². The summed E-state index contributed by atoms with van der Waals surface area (Å²) >= 11 is 17.2. The molecule has 1 saturated heterocycles. The van der Waals surface area contributed by atoms with Crippen LogP contribution in [0.15, 0.2) is 42.5 Å². The van der Waals surface area contributed by atoms with Crippen LogP contribution >= 0.6 is 34.8 Å². The molecule has 4 atom stereocenters. The highest BCUT2D eigenvalue weighted by Gasteiger charge is 2.53. The molecule has 1 aliphatic heterocycles. The summed E-state index contributed by atoms with van der Waals surface area (Å²) in [4.78, 5) is 12.3. The first-order chi connectivity index (χ1) is 13.4. The predicted molar refractivity (Wildman–Crippen MR) is 113 cm³/mol. The van der Waals surface area contributed by atoms with E-state index in [0.717, 1.165) is 5.56 Å².